The van der Waals surface area contributed by atoms with Gasteiger partial charge in [-0.2, -0.15) is 0 Å². The van der Waals surface area contributed by atoms with Crippen molar-refractivity contribution in [3.8, 4) is 0 Å². The molecule has 7 nitrogen and oxygen atoms in total. The molecule has 1 aliphatic rings. The lowest BCUT2D eigenvalue weighted by molar-refractivity contribution is -0.141. The minimum Gasteiger partial charge on any atom is -0.481 e. The van der Waals surface area contributed by atoms with E-state index >= 15 is 0 Å². The van der Waals surface area contributed by atoms with Gasteiger partial charge in [-0.15, -0.1) is 0 Å². The van der Waals surface area contributed by atoms with E-state index in [1.54, 1.807) is 20.8 Å². The number of nitrogens with zero attached hydrogens (tertiary/aromatic N) is 1. The molecule has 3 N–H and O–H groups in total. The standard InChI is InChI=1S/C16H30N2O5/c1-11(2)6-12(19)8-17-16(7-13(20)21)9-18(10-16)14(22)23-15(3,4)5/h11-12,17,19H,6-10H2,1-5H3,(H,20,21). The van der Waals surface area contributed by atoms with Crippen LogP contribution >= 0.6 is 0 Å². The zero-order valence-electron chi connectivity index (χ0n) is 14.8. The Hall–Kier alpha value is -1.34. The van der Waals surface area contributed by atoms with Crippen LogP contribution in [0, 0.1) is 5.92 Å². The summed E-state index contributed by atoms with van der Waals surface area (Å²) in [6.45, 7) is 10.2. The predicted octanol–water partition coefficient (Wildman–Crippen LogP) is 1.45. The van der Waals surface area contributed by atoms with Gasteiger partial charge in [0.1, 0.15) is 5.60 Å². The summed E-state index contributed by atoms with van der Waals surface area (Å²) >= 11 is 0. The average Bonchev–Trinajstić information content (AvgIpc) is 2.27. The van der Waals surface area contributed by atoms with Gasteiger partial charge in [0, 0.05) is 19.6 Å². The second-order valence-corrected chi connectivity index (χ2v) is 7.85. The first-order valence-electron chi connectivity index (χ1n) is 8.05. The fraction of sp³-hybridized carbons (Fsp3) is 0.875. The number of rotatable bonds is 7. The lowest BCUT2D eigenvalue weighted by Gasteiger charge is -2.50. The van der Waals surface area contributed by atoms with Crippen molar-refractivity contribution in [3.05, 3.63) is 0 Å². The molecule has 1 heterocycles. The Labute approximate surface area is 138 Å². The third-order valence-corrected chi connectivity index (χ3v) is 3.58. The maximum Gasteiger partial charge on any atom is 0.410 e. The van der Waals surface area contributed by atoms with Gasteiger partial charge in [-0.05, 0) is 33.1 Å². The fourth-order valence-electron chi connectivity index (χ4n) is 2.68. The van der Waals surface area contributed by atoms with E-state index in [1.807, 2.05) is 13.8 Å². The monoisotopic (exact) mass is 330 g/mol. The van der Waals surface area contributed by atoms with Crippen LogP contribution in [-0.2, 0) is 9.53 Å². The second-order valence-electron chi connectivity index (χ2n) is 7.85. The molecule has 23 heavy (non-hydrogen) atoms. The number of carbonyl (C=O) groups is 2. The molecule has 1 rings (SSSR count). The van der Waals surface area contributed by atoms with Crippen molar-refractivity contribution < 1.29 is 24.5 Å². The minimum absolute atomic E-state index is 0.0965. The van der Waals surface area contributed by atoms with Crippen LogP contribution in [0.1, 0.15) is 47.5 Å². The molecule has 0 aliphatic carbocycles. The van der Waals surface area contributed by atoms with Gasteiger partial charge in [-0.3, -0.25) is 4.79 Å². The SMILES string of the molecule is CC(C)CC(O)CNC1(CC(=O)O)CN(C(=O)OC(C)(C)C)C1. The molecule has 134 valence electrons. The second kappa shape index (κ2) is 7.49. The Kier molecular flexibility index (Phi) is 6.41. The highest BCUT2D eigenvalue weighted by Crippen LogP contribution is 2.27. The summed E-state index contributed by atoms with van der Waals surface area (Å²) in [5, 5.41) is 22.2. The smallest absolute Gasteiger partial charge is 0.410 e. The van der Waals surface area contributed by atoms with Gasteiger partial charge >= 0.3 is 12.1 Å². The quantitative estimate of drug-likeness (QED) is 0.653. The van der Waals surface area contributed by atoms with E-state index in [4.69, 9.17) is 9.84 Å². The molecule has 1 unspecified atom stereocenters. The number of hydrogen-bond donors (Lipinski definition) is 3. The van der Waals surface area contributed by atoms with Gasteiger partial charge in [0.25, 0.3) is 0 Å². The van der Waals surface area contributed by atoms with E-state index in [9.17, 15) is 14.7 Å². The summed E-state index contributed by atoms with van der Waals surface area (Å²) in [4.78, 5) is 24.6. The lowest BCUT2D eigenvalue weighted by atomic mass is 9.86. The molecule has 0 radical (unpaired) electrons. The fourth-order valence-corrected chi connectivity index (χ4v) is 2.68. The molecule has 1 fully saturated rings. The molecule has 0 aromatic rings. The summed E-state index contributed by atoms with van der Waals surface area (Å²) in [7, 11) is 0. The number of carboxylic acids is 1. The van der Waals surface area contributed by atoms with Gasteiger partial charge in [-0.1, -0.05) is 13.8 Å². The van der Waals surface area contributed by atoms with Gasteiger partial charge in [0.05, 0.1) is 18.1 Å². The average molecular weight is 330 g/mol. The number of aliphatic hydroxyl groups excluding tert-OH is 1. The molecule has 0 spiro atoms. The zero-order valence-corrected chi connectivity index (χ0v) is 14.8. The molecule has 0 saturated carbocycles. The number of carbonyl (C=O) groups excluding carboxylic acids is 1. The van der Waals surface area contributed by atoms with Gasteiger partial charge < -0.3 is 25.2 Å². The molecule has 0 bridgehead atoms. The van der Waals surface area contributed by atoms with Gasteiger partial charge in [0.15, 0.2) is 0 Å². The third-order valence-electron chi connectivity index (χ3n) is 3.58. The first-order valence-corrected chi connectivity index (χ1v) is 8.05. The summed E-state index contributed by atoms with van der Waals surface area (Å²) in [6.07, 6.45) is -0.425. The number of carboxylic acid groups (broad SMARTS) is 1. The van der Waals surface area contributed by atoms with Crippen molar-refractivity contribution in [2.45, 2.75) is 64.7 Å². The van der Waals surface area contributed by atoms with Crippen LogP contribution < -0.4 is 5.32 Å². The zero-order chi connectivity index (χ0) is 17.8. The van der Waals surface area contributed by atoms with Crippen LogP contribution in [0.25, 0.3) is 0 Å². The summed E-state index contributed by atoms with van der Waals surface area (Å²) in [5.41, 5.74) is -1.27. The van der Waals surface area contributed by atoms with Crippen molar-refractivity contribution in [2.24, 2.45) is 5.92 Å². The van der Waals surface area contributed by atoms with E-state index in [1.165, 1.54) is 4.90 Å². The normalized spacial score (nSPS) is 18.5. The number of nitrogens with one attached hydrogen (secondary N) is 1. The molecule has 0 aromatic heterocycles. The third kappa shape index (κ3) is 6.74. The van der Waals surface area contributed by atoms with E-state index in [2.05, 4.69) is 5.32 Å². The number of ether oxygens (including phenoxy) is 1. The van der Waals surface area contributed by atoms with Crippen molar-refractivity contribution >= 4 is 12.1 Å². The van der Waals surface area contributed by atoms with Crippen LogP contribution in [-0.4, -0.2) is 64.1 Å². The summed E-state index contributed by atoms with van der Waals surface area (Å²) < 4.78 is 5.28. The molecule has 0 aromatic carbocycles. The van der Waals surface area contributed by atoms with E-state index in [0.29, 0.717) is 18.9 Å². The van der Waals surface area contributed by atoms with Crippen LogP contribution in [0.2, 0.25) is 0 Å². The Morgan fingerprint density at radius 3 is 2.30 bits per heavy atom. The van der Waals surface area contributed by atoms with Gasteiger partial charge in [-0.25, -0.2) is 4.79 Å². The molecule has 1 atom stereocenters. The highest BCUT2D eigenvalue weighted by Gasteiger charge is 2.47. The first kappa shape index (κ1) is 19.7. The predicted molar refractivity (Wildman–Crippen MR) is 86.3 cm³/mol. The van der Waals surface area contributed by atoms with Crippen LogP contribution in [0.4, 0.5) is 4.79 Å². The number of aliphatic hydroxyl groups is 1. The summed E-state index contributed by atoms with van der Waals surface area (Å²) in [5.74, 6) is -0.568. The molecule has 1 amide bonds. The number of hydrogen-bond acceptors (Lipinski definition) is 5. The number of likely N-dealkylation sites (tertiary alicyclic amines) is 1. The topological polar surface area (TPSA) is 99.1 Å². The van der Waals surface area contributed by atoms with Crippen molar-refractivity contribution in [1.29, 1.82) is 0 Å². The summed E-state index contributed by atoms with van der Waals surface area (Å²) in [6, 6.07) is 0. The molecule has 7 heteroatoms. The largest absolute Gasteiger partial charge is 0.481 e. The van der Waals surface area contributed by atoms with Crippen LogP contribution in [0.5, 0.6) is 0 Å². The maximum absolute atomic E-state index is 12.0. The lowest BCUT2D eigenvalue weighted by Crippen LogP contribution is -2.72. The maximum atomic E-state index is 12.0. The number of aliphatic carboxylic acids is 1. The van der Waals surface area contributed by atoms with Crippen molar-refractivity contribution in [2.75, 3.05) is 19.6 Å². The van der Waals surface area contributed by atoms with Crippen molar-refractivity contribution in [3.63, 3.8) is 0 Å². The van der Waals surface area contributed by atoms with Gasteiger partial charge in [0.2, 0.25) is 0 Å². The van der Waals surface area contributed by atoms with Crippen molar-refractivity contribution in [1.82, 2.24) is 10.2 Å². The van der Waals surface area contributed by atoms with E-state index < -0.39 is 29.3 Å². The number of amides is 1. The Morgan fingerprint density at radius 1 is 1.30 bits per heavy atom. The molecular formula is C16H30N2O5. The molecule has 1 saturated heterocycles. The Balaban J connectivity index is 2.56. The Morgan fingerprint density at radius 2 is 1.87 bits per heavy atom. The molecule has 1 aliphatic heterocycles. The van der Waals surface area contributed by atoms with Crippen LogP contribution in [0.3, 0.4) is 0 Å². The Bertz CT molecular complexity index is 425. The highest BCUT2D eigenvalue weighted by molar-refractivity contribution is 5.73. The highest BCUT2D eigenvalue weighted by atomic mass is 16.6. The van der Waals surface area contributed by atoms with E-state index in [-0.39, 0.29) is 19.5 Å². The first-order chi connectivity index (χ1) is 10.4. The van der Waals surface area contributed by atoms with E-state index in [0.717, 1.165) is 0 Å². The minimum atomic E-state index is -0.931. The number of β-amino-alcohol motifs (C(OH)–C–C–N with tert-alkyl or cyclic N) is 1. The van der Waals surface area contributed by atoms with Crippen LogP contribution in [0.15, 0.2) is 0 Å². The molecular weight excluding hydrogens is 300 g/mol.